The third-order valence-electron chi connectivity index (χ3n) is 4.59. The fourth-order valence-corrected chi connectivity index (χ4v) is 3.24. The van der Waals surface area contributed by atoms with Crippen molar-refractivity contribution in [3.63, 3.8) is 0 Å². The van der Waals surface area contributed by atoms with Crippen molar-refractivity contribution in [2.45, 2.75) is 51.5 Å². The van der Waals surface area contributed by atoms with Gasteiger partial charge in [0.1, 0.15) is 5.69 Å². The van der Waals surface area contributed by atoms with Crippen LogP contribution in [0, 0.1) is 5.92 Å². The fourth-order valence-electron chi connectivity index (χ4n) is 3.24. The van der Waals surface area contributed by atoms with Gasteiger partial charge in [0, 0.05) is 19.2 Å². The topological polar surface area (TPSA) is 55.1 Å². The summed E-state index contributed by atoms with van der Waals surface area (Å²) >= 11 is 0. The number of pyridine rings is 1. The molecule has 1 N–H and O–H groups in total. The van der Waals surface area contributed by atoms with E-state index in [9.17, 15) is 4.79 Å². The maximum Gasteiger partial charge on any atom is 0.220 e. The summed E-state index contributed by atoms with van der Waals surface area (Å²) in [5, 5.41) is 3.01. The zero-order chi connectivity index (χ0) is 15.9. The number of rotatable bonds is 6. The van der Waals surface area contributed by atoms with Crippen LogP contribution in [0.25, 0.3) is 11.5 Å². The van der Waals surface area contributed by atoms with Crippen molar-refractivity contribution >= 4 is 5.91 Å². The molecule has 2 aromatic heterocycles. The highest BCUT2D eigenvalue weighted by Gasteiger charge is 2.14. The van der Waals surface area contributed by atoms with Crippen LogP contribution in [-0.2, 0) is 11.3 Å². The van der Waals surface area contributed by atoms with Crippen molar-refractivity contribution in [2.24, 2.45) is 5.92 Å². The predicted octanol–water partition coefficient (Wildman–Crippen LogP) is 4.32. The normalized spacial score (nSPS) is 15.5. The lowest BCUT2D eigenvalue weighted by Crippen LogP contribution is -2.23. The van der Waals surface area contributed by atoms with Crippen molar-refractivity contribution in [1.29, 1.82) is 0 Å². The summed E-state index contributed by atoms with van der Waals surface area (Å²) in [7, 11) is 0. The van der Waals surface area contributed by atoms with Gasteiger partial charge in [0.2, 0.25) is 5.91 Å². The van der Waals surface area contributed by atoms with Gasteiger partial charge in [-0.3, -0.25) is 9.78 Å². The summed E-state index contributed by atoms with van der Waals surface area (Å²) in [5.41, 5.74) is 1.83. The first-order valence-corrected chi connectivity index (χ1v) is 8.57. The van der Waals surface area contributed by atoms with E-state index in [2.05, 4.69) is 10.3 Å². The fraction of sp³-hybridized carbons (Fsp3) is 0.474. The molecule has 1 saturated carbocycles. The second kappa shape index (κ2) is 7.95. The first kappa shape index (κ1) is 15.8. The summed E-state index contributed by atoms with van der Waals surface area (Å²) in [5.74, 6) is 1.64. The maximum absolute atomic E-state index is 12.0. The number of carbonyl (C=O) groups is 1. The minimum atomic E-state index is 0.145. The number of aromatic nitrogens is 1. The second-order valence-corrected chi connectivity index (χ2v) is 6.35. The highest BCUT2D eigenvalue weighted by molar-refractivity contribution is 5.75. The molecular weight excluding hydrogens is 288 g/mol. The molecule has 1 amide bonds. The minimum Gasteiger partial charge on any atom is -0.463 e. The van der Waals surface area contributed by atoms with E-state index in [1.54, 1.807) is 12.5 Å². The number of nitrogens with one attached hydrogen (secondary N) is 1. The van der Waals surface area contributed by atoms with E-state index in [0.717, 1.165) is 29.4 Å². The Hall–Kier alpha value is -2.10. The van der Waals surface area contributed by atoms with Crippen LogP contribution < -0.4 is 5.32 Å². The first-order valence-electron chi connectivity index (χ1n) is 8.57. The summed E-state index contributed by atoms with van der Waals surface area (Å²) in [4.78, 5) is 16.3. The molecule has 0 radical (unpaired) electrons. The number of hydrogen-bond donors (Lipinski definition) is 1. The highest BCUT2D eigenvalue weighted by atomic mass is 16.3. The smallest absolute Gasteiger partial charge is 0.220 e. The largest absolute Gasteiger partial charge is 0.463 e. The van der Waals surface area contributed by atoms with Crippen LogP contribution in [0.2, 0.25) is 0 Å². The van der Waals surface area contributed by atoms with Crippen LogP contribution in [0.3, 0.4) is 0 Å². The number of nitrogens with zero attached hydrogens (tertiary/aromatic N) is 1. The molecular formula is C19H24N2O2. The van der Waals surface area contributed by atoms with Gasteiger partial charge >= 0.3 is 0 Å². The molecule has 0 atom stereocenters. The molecule has 2 heterocycles. The average molecular weight is 312 g/mol. The van der Waals surface area contributed by atoms with Crippen LogP contribution in [-0.4, -0.2) is 10.9 Å². The molecule has 0 aliphatic heterocycles. The molecule has 0 saturated heterocycles. The van der Waals surface area contributed by atoms with Gasteiger partial charge in [-0.2, -0.15) is 0 Å². The molecule has 2 aromatic rings. The number of amides is 1. The van der Waals surface area contributed by atoms with E-state index in [-0.39, 0.29) is 5.91 Å². The van der Waals surface area contributed by atoms with Crippen LogP contribution >= 0.6 is 0 Å². The summed E-state index contributed by atoms with van der Waals surface area (Å²) in [6.45, 7) is 0.541. The standard InChI is InChI=1S/C19H24N2O2/c22-19(9-8-15-5-2-1-3-6-15)21-14-16-10-11-20-17(13-16)18-7-4-12-23-18/h4,7,10-13,15H,1-3,5-6,8-9,14H2,(H,21,22). The Morgan fingerprint density at radius 2 is 2.13 bits per heavy atom. The third-order valence-corrected chi connectivity index (χ3v) is 4.59. The van der Waals surface area contributed by atoms with Crippen LogP contribution in [0.4, 0.5) is 0 Å². The lowest BCUT2D eigenvalue weighted by Gasteiger charge is -2.21. The average Bonchev–Trinajstić information content (AvgIpc) is 3.14. The molecule has 4 heteroatoms. The number of carbonyl (C=O) groups excluding carboxylic acids is 1. The molecule has 0 aromatic carbocycles. The summed E-state index contributed by atoms with van der Waals surface area (Å²) in [6, 6.07) is 7.61. The number of hydrogen-bond acceptors (Lipinski definition) is 3. The highest BCUT2D eigenvalue weighted by Crippen LogP contribution is 2.27. The Morgan fingerprint density at radius 3 is 2.91 bits per heavy atom. The van der Waals surface area contributed by atoms with E-state index in [1.165, 1.54) is 32.1 Å². The number of furan rings is 1. The molecule has 0 bridgehead atoms. The van der Waals surface area contributed by atoms with Gasteiger partial charge in [-0.1, -0.05) is 32.1 Å². The lowest BCUT2D eigenvalue weighted by atomic mass is 9.86. The Morgan fingerprint density at radius 1 is 1.26 bits per heavy atom. The Labute approximate surface area is 137 Å². The molecule has 1 aliphatic rings. The van der Waals surface area contributed by atoms with Crippen LogP contribution in [0.5, 0.6) is 0 Å². The quantitative estimate of drug-likeness (QED) is 0.864. The van der Waals surface area contributed by atoms with E-state index < -0.39 is 0 Å². The first-order chi connectivity index (χ1) is 11.3. The van der Waals surface area contributed by atoms with Gasteiger partial charge in [-0.25, -0.2) is 0 Å². The Kier molecular flexibility index (Phi) is 5.46. The van der Waals surface area contributed by atoms with Gasteiger partial charge in [0.05, 0.1) is 6.26 Å². The third kappa shape index (κ3) is 4.68. The van der Waals surface area contributed by atoms with E-state index >= 15 is 0 Å². The second-order valence-electron chi connectivity index (χ2n) is 6.35. The summed E-state index contributed by atoms with van der Waals surface area (Å²) < 4.78 is 5.36. The van der Waals surface area contributed by atoms with Gasteiger partial charge in [0.15, 0.2) is 5.76 Å². The van der Waals surface area contributed by atoms with Crippen molar-refractivity contribution in [3.8, 4) is 11.5 Å². The molecule has 4 nitrogen and oxygen atoms in total. The molecule has 1 fully saturated rings. The lowest BCUT2D eigenvalue weighted by molar-refractivity contribution is -0.121. The molecule has 1 aliphatic carbocycles. The van der Waals surface area contributed by atoms with Gasteiger partial charge in [0.25, 0.3) is 0 Å². The van der Waals surface area contributed by atoms with E-state index in [1.807, 2.05) is 24.3 Å². The van der Waals surface area contributed by atoms with Crippen LogP contribution in [0.15, 0.2) is 41.1 Å². The predicted molar refractivity (Wildman–Crippen MR) is 89.6 cm³/mol. The maximum atomic E-state index is 12.0. The Balaban J connectivity index is 1.46. The Bertz CT molecular complexity index is 616. The van der Waals surface area contributed by atoms with E-state index in [4.69, 9.17) is 4.42 Å². The minimum absolute atomic E-state index is 0.145. The van der Waals surface area contributed by atoms with E-state index in [0.29, 0.717) is 13.0 Å². The zero-order valence-electron chi connectivity index (χ0n) is 13.5. The van der Waals surface area contributed by atoms with Crippen molar-refractivity contribution < 1.29 is 9.21 Å². The van der Waals surface area contributed by atoms with Gasteiger partial charge in [-0.05, 0) is 42.2 Å². The molecule has 3 rings (SSSR count). The molecule has 122 valence electrons. The van der Waals surface area contributed by atoms with Crippen LogP contribution in [0.1, 0.15) is 50.5 Å². The monoisotopic (exact) mass is 312 g/mol. The zero-order valence-corrected chi connectivity index (χ0v) is 13.5. The molecule has 23 heavy (non-hydrogen) atoms. The summed E-state index contributed by atoms with van der Waals surface area (Å²) in [6.07, 6.45) is 11.7. The van der Waals surface area contributed by atoms with Crippen molar-refractivity contribution in [3.05, 3.63) is 42.3 Å². The molecule has 0 unspecified atom stereocenters. The van der Waals surface area contributed by atoms with Crippen molar-refractivity contribution in [1.82, 2.24) is 10.3 Å². The molecule has 0 spiro atoms. The van der Waals surface area contributed by atoms with Crippen molar-refractivity contribution in [2.75, 3.05) is 0 Å². The van der Waals surface area contributed by atoms with Gasteiger partial charge < -0.3 is 9.73 Å². The SMILES string of the molecule is O=C(CCC1CCCCC1)NCc1ccnc(-c2ccco2)c1. The van der Waals surface area contributed by atoms with Gasteiger partial charge in [-0.15, -0.1) is 0 Å².